The van der Waals surface area contributed by atoms with Gasteiger partial charge >= 0.3 is 6.09 Å². The van der Waals surface area contributed by atoms with Crippen LogP contribution in [0.5, 0.6) is 0 Å². The number of amides is 1. The Kier molecular flexibility index (Phi) is 6.63. The molecule has 1 amide bonds. The number of hydrogen-bond donors (Lipinski definition) is 0. The first-order valence-corrected chi connectivity index (χ1v) is 10.1. The zero-order valence-corrected chi connectivity index (χ0v) is 16.4. The molecule has 1 aliphatic heterocycles. The van der Waals surface area contributed by atoms with E-state index in [0.717, 1.165) is 43.3 Å². The van der Waals surface area contributed by atoms with Gasteiger partial charge < -0.3 is 9.64 Å². The molecule has 0 spiro atoms. The number of rotatable bonds is 5. The normalized spacial score (nSPS) is 15.9. The molecule has 2 heterocycles. The minimum absolute atomic E-state index is 0.180. The van der Waals surface area contributed by atoms with E-state index in [0.29, 0.717) is 19.1 Å². The molecule has 1 aliphatic rings. The van der Waals surface area contributed by atoms with Crippen molar-refractivity contribution in [1.82, 2.24) is 14.8 Å². The number of hydrogen-bond acceptors (Lipinski definition) is 5. The van der Waals surface area contributed by atoms with Gasteiger partial charge in [-0.2, -0.15) is 0 Å². The average molecular weight is 374 g/mol. The second-order valence-electron chi connectivity index (χ2n) is 7.10. The summed E-state index contributed by atoms with van der Waals surface area (Å²) in [5.41, 5.74) is 2.27. The van der Waals surface area contributed by atoms with Gasteiger partial charge in [0.15, 0.2) is 0 Å². The van der Waals surface area contributed by atoms with Crippen LogP contribution < -0.4 is 0 Å². The molecule has 0 atom stereocenters. The highest BCUT2D eigenvalue weighted by Gasteiger charge is 2.21. The first-order chi connectivity index (χ1) is 12.6. The molecule has 26 heavy (non-hydrogen) atoms. The molecule has 0 radical (unpaired) electrons. The monoisotopic (exact) mass is 373 g/mol. The second-order valence-corrected chi connectivity index (χ2v) is 7.96. The average Bonchev–Trinajstić information content (AvgIpc) is 2.98. The minimum Gasteiger partial charge on any atom is -0.449 e. The number of carbonyl (C=O) groups is 1. The van der Waals surface area contributed by atoms with E-state index < -0.39 is 0 Å². The number of aromatic nitrogens is 1. The summed E-state index contributed by atoms with van der Waals surface area (Å²) in [6.45, 7) is 8.73. The summed E-state index contributed by atoms with van der Waals surface area (Å²) < 4.78 is 5.36. The Bertz CT molecular complexity index is 702. The van der Waals surface area contributed by atoms with Crippen LogP contribution in [0.1, 0.15) is 26.0 Å². The maximum absolute atomic E-state index is 12.2. The van der Waals surface area contributed by atoms with Crippen LogP contribution in [0.15, 0.2) is 35.7 Å². The third-order valence-corrected chi connectivity index (χ3v) is 5.29. The predicted molar refractivity (Wildman–Crippen MR) is 105 cm³/mol. The van der Waals surface area contributed by atoms with Crippen molar-refractivity contribution >= 4 is 17.4 Å². The van der Waals surface area contributed by atoms with Gasteiger partial charge in [0, 0.05) is 43.7 Å². The summed E-state index contributed by atoms with van der Waals surface area (Å²) in [6, 6.07) is 10.3. The first-order valence-electron chi connectivity index (χ1n) is 9.25. The predicted octanol–water partition coefficient (Wildman–Crippen LogP) is 4.11. The molecule has 5 nitrogen and oxygen atoms in total. The van der Waals surface area contributed by atoms with Crippen molar-refractivity contribution < 1.29 is 9.53 Å². The molecule has 1 aromatic heterocycles. The molecule has 1 fully saturated rings. The summed E-state index contributed by atoms with van der Waals surface area (Å²) in [6.07, 6.45) is 0.785. The summed E-state index contributed by atoms with van der Waals surface area (Å²) >= 11 is 1.69. The van der Waals surface area contributed by atoms with Crippen molar-refractivity contribution in [2.75, 3.05) is 32.8 Å². The molecule has 1 saturated heterocycles. The van der Waals surface area contributed by atoms with Gasteiger partial charge in [-0.05, 0) is 12.3 Å². The van der Waals surface area contributed by atoms with Gasteiger partial charge in [0.2, 0.25) is 0 Å². The van der Waals surface area contributed by atoms with Gasteiger partial charge in [0.25, 0.3) is 0 Å². The number of thiazole rings is 1. The molecular formula is C20H27N3O2S. The summed E-state index contributed by atoms with van der Waals surface area (Å²) in [5, 5.41) is 3.20. The van der Waals surface area contributed by atoms with Crippen LogP contribution >= 0.6 is 11.3 Å². The Morgan fingerprint density at radius 3 is 2.77 bits per heavy atom. The van der Waals surface area contributed by atoms with Crippen molar-refractivity contribution in [2.24, 2.45) is 5.92 Å². The molecule has 3 rings (SSSR count). The number of carbonyl (C=O) groups excluding carboxylic acids is 1. The Morgan fingerprint density at radius 2 is 2.00 bits per heavy atom. The lowest BCUT2D eigenvalue weighted by atomic mass is 10.2. The largest absolute Gasteiger partial charge is 0.449 e. The molecule has 0 N–H and O–H groups in total. The van der Waals surface area contributed by atoms with E-state index in [9.17, 15) is 4.79 Å². The van der Waals surface area contributed by atoms with Crippen molar-refractivity contribution in [3.63, 3.8) is 0 Å². The highest BCUT2D eigenvalue weighted by molar-refractivity contribution is 7.13. The molecule has 0 saturated carbocycles. The Balaban J connectivity index is 1.52. The molecule has 0 aliphatic carbocycles. The minimum atomic E-state index is -0.180. The van der Waals surface area contributed by atoms with E-state index in [1.54, 1.807) is 11.3 Å². The first kappa shape index (κ1) is 18.9. The van der Waals surface area contributed by atoms with Gasteiger partial charge in [0.05, 0.1) is 12.3 Å². The molecular weight excluding hydrogens is 346 g/mol. The second kappa shape index (κ2) is 9.14. The highest BCUT2D eigenvalue weighted by atomic mass is 32.1. The molecule has 2 aromatic rings. The highest BCUT2D eigenvalue weighted by Crippen LogP contribution is 2.24. The van der Waals surface area contributed by atoms with Crippen LogP contribution in [-0.2, 0) is 11.3 Å². The zero-order chi connectivity index (χ0) is 18.4. The quantitative estimate of drug-likeness (QED) is 0.791. The van der Waals surface area contributed by atoms with E-state index >= 15 is 0 Å². The lowest BCUT2D eigenvalue weighted by Gasteiger charge is -2.21. The summed E-state index contributed by atoms with van der Waals surface area (Å²) in [7, 11) is 0. The number of benzene rings is 1. The van der Waals surface area contributed by atoms with Gasteiger partial charge in [-0.3, -0.25) is 4.90 Å². The van der Waals surface area contributed by atoms with E-state index in [-0.39, 0.29) is 6.09 Å². The summed E-state index contributed by atoms with van der Waals surface area (Å²) in [4.78, 5) is 21.1. The van der Waals surface area contributed by atoms with Crippen molar-refractivity contribution in [3.05, 3.63) is 41.4 Å². The maximum Gasteiger partial charge on any atom is 0.409 e. The van der Waals surface area contributed by atoms with Crippen LogP contribution in [0.2, 0.25) is 0 Å². The van der Waals surface area contributed by atoms with Crippen molar-refractivity contribution in [2.45, 2.75) is 26.8 Å². The van der Waals surface area contributed by atoms with Crippen LogP contribution in [0.4, 0.5) is 4.79 Å². The number of ether oxygens (including phenoxy) is 1. The van der Waals surface area contributed by atoms with E-state index in [1.807, 2.05) is 23.1 Å². The van der Waals surface area contributed by atoms with Crippen LogP contribution in [0.25, 0.3) is 10.6 Å². The van der Waals surface area contributed by atoms with E-state index in [4.69, 9.17) is 9.72 Å². The molecule has 140 valence electrons. The van der Waals surface area contributed by atoms with Gasteiger partial charge in [0.1, 0.15) is 5.01 Å². The van der Waals surface area contributed by atoms with E-state index in [1.165, 1.54) is 5.56 Å². The fourth-order valence-electron chi connectivity index (χ4n) is 2.96. The SMILES string of the molecule is CC(C)COC(=O)N1CCCN(Cc2csc(-c3ccccc3)n2)CC1. The Morgan fingerprint density at radius 1 is 1.19 bits per heavy atom. The maximum atomic E-state index is 12.2. The lowest BCUT2D eigenvalue weighted by molar-refractivity contribution is 0.0930. The topological polar surface area (TPSA) is 45.7 Å². The molecule has 0 bridgehead atoms. The summed E-state index contributed by atoms with van der Waals surface area (Å²) in [5.74, 6) is 0.367. The Labute approximate surface area is 159 Å². The fourth-order valence-corrected chi connectivity index (χ4v) is 3.78. The standard InChI is InChI=1S/C20H27N3O2S/c1-16(2)14-25-20(24)23-10-6-9-22(11-12-23)13-18-15-26-19(21-18)17-7-4-3-5-8-17/h3-5,7-8,15-16H,6,9-14H2,1-2H3. The zero-order valence-electron chi connectivity index (χ0n) is 15.6. The molecule has 0 unspecified atom stereocenters. The van der Waals surface area contributed by atoms with Gasteiger partial charge in [-0.15, -0.1) is 11.3 Å². The van der Waals surface area contributed by atoms with Crippen LogP contribution in [-0.4, -0.2) is 53.7 Å². The fraction of sp³-hybridized carbons (Fsp3) is 0.500. The van der Waals surface area contributed by atoms with Crippen LogP contribution in [0, 0.1) is 5.92 Å². The van der Waals surface area contributed by atoms with Crippen LogP contribution in [0.3, 0.4) is 0 Å². The van der Waals surface area contributed by atoms with Gasteiger partial charge in [-0.1, -0.05) is 44.2 Å². The number of nitrogens with zero attached hydrogens (tertiary/aromatic N) is 3. The lowest BCUT2D eigenvalue weighted by Crippen LogP contribution is -2.36. The smallest absolute Gasteiger partial charge is 0.409 e. The molecule has 1 aromatic carbocycles. The molecule has 6 heteroatoms. The third kappa shape index (κ3) is 5.29. The van der Waals surface area contributed by atoms with Crippen molar-refractivity contribution in [3.8, 4) is 10.6 Å². The Hall–Kier alpha value is -1.92. The van der Waals surface area contributed by atoms with Gasteiger partial charge in [-0.25, -0.2) is 9.78 Å². The van der Waals surface area contributed by atoms with E-state index in [2.05, 4.69) is 36.3 Å². The van der Waals surface area contributed by atoms with Crippen molar-refractivity contribution in [1.29, 1.82) is 0 Å². The third-order valence-electron chi connectivity index (χ3n) is 4.34.